The number of aromatic carboxylic acids is 1. The van der Waals surface area contributed by atoms with E-state index in [-0.39, 0.29) is 11.2 Å². The molecule has 3 aromatic rings. The van der Waals surface area contributed by atoms with Crippen molar-refractivity contribution in [1.82, 2.24) is 4.98 Å². The maximum Gasteiger partial charge on any atom is 0.335 e. The second-order valence-electron chi connectivity index (χ2n) is 8.54. The molecular formula is C26H30N2O3S. The first-order chi connectivity index (χ1) is 15.5. The summed E-state index contributed by atoms with van der Waals surface area (Å²) in [6, 6.07) is 12.8. The van der Waals surface area contributed by atoms with Crippen molar-refractivity contribution in [1.29, 1.82) is 0 Å². The first kappa shape index (κ1) is 22.5. The summed E-state index contributed by atoms with van der Waals surface area (Å²) in [6.07, 6.45) is 9.07. The predicted octanol–water partition coefficient (Wildman–Crippen LogP) is 6.49. The van der Waals surface area contributed by atoms with Crippen molar-refractivity contribution in [2.24, 2.45) is 5.92 Å². The zero-order valence-electron chi connectivity index (χ0n) is 18.4. The van der Waals surface area contributed by atoms with Gasteiger partial charge in [-0.05, 0) is 54.5 Å². The highest BCUT2D eigenvalue weighted by Crippen LogP contribution is 2.46. The Labute approximate surface area is 193 Å². The molecule has 168 valence electrons. The number of carbonyl (C=O) groups is 1. The predicted molar refractivity (Wildman–Crippen MR) is 129 cm³/mol. The van der Waals surface area contributed by atoms with Gasteiger partial charge >= 0.3 is 5.97 Å². The van der Waals surface area contributed by atoms with Gasteiger partial charge in [-0.25, -0.2) is 4.79 Å². The van der Waals surface area contributed by atoms with Crippen molar-refractivity contribution in [2.75, 3.05) is 5.73 Å². The molecule has 2 aromatic carbocycles. The lowest BCUT2D eigenvalue weighted by molar-refractivity contribution is -0.113. The molecule has 32 heavy (non-hydrogen) atoms. The van der Waals surface area contributed by atoms with Gasteiger partial charge in [-0.3, -0.25) is 4.98 Å². The van der Waals surface area contributed by atoms with Crippen LogP contribution in [0.25, 0.3) is 11.1 Å². The number of nitrogens with zero attached hydrogens (tertiary/aromatic N) is 1. The van der Waals surface area contributed by atoms with Crippen LogP contribution in [0, 0.1) is 5.92 Å². The van der Waals surface area contributed by atoms with Crippen LogP contribution in [0.3, 0.4) is 0 Å². The van der Waals surface area contributed by atoms with Gasteiger partial charge in [-0.1, -0.05) is 50.5 Å². The van der Waals surface area contributed by atoms with Crippen molar-refractivity contribution in [2.45, 2.75) is 57.7 Å². The fourth-order valence-corrected chi connectivity index (χ4v) is 5.87. The Kier molecular flexibility index (Phi) is 6.92. The molecule has 0 aliphatic heterocycles. The van der Waals surface area contributed by atoms with Crippen molar-refractivity contribution in [3.05, 3.63) is 70.2 Å². The number of nitrogens with two attached hydrogens (primary N) is 1. The first-order valence-corrected chi connectivity index (χ1v) is 12.2. The van der Waals surface area contributed by atoms with E-state index in [1.807, 2.05) is 36.0 Å². The van der Waals surface area contributed by atoms with E-state index in [0.717, 1.165) is 23.1 Å². The van der Waals surface area contributed by atoms with E-state index in [2.05, 4.69) is 11.9 Å². The lowest BCUT2D eigenvalue weighted by Crippen LogP contribution is -2.38. The van der Waals surface area contributed by atoms with Gasteiger partial charge in [0, 0.05) is 17.4 Å². The van der Waals surface area contributed by atoms with E-state index in [1.54, 1.807) is 29.5 Å². The molecule has 1 aromatic heterocycles. The lowest BCUT2D eigenvalue weighted by Gasteiger charge is -2.41. The molecule has 1 aliphatic rings. The average molecular weight is 451 g/mol. The number of rotatable bonds is 8. The maximum absolute atomic E-state index is 11.3. The number of benzene rings is 2. The van der Waals surface area contributed by atoms with Gasteiger partial charge in [0.15, 0.2) is 0 Å². The normalized spacial score (nSPS) is 16.5. The van der Waals surface area contributed by atoms with E-state index >= 15 is 0 Å². The molecule has 0 saturated heterocycles. The largest absolute Gasteiger partial charge is 0.478 e. The third-order valence-electron chi connectivity index (χ3n) is 6.67. The van der Waals surface area contributed by atoms with Gasteiger partial charge < -0.3 is 15.6 Å². The Balaban J connectivity index is 1.57. The number of carboxylic acids is 1. The molecule has 0 spiro atoms. The van der Waals surface area contributed by atoms with Crippen molar-refractivity contribution >= 4 is 23.0 Å². The molecule has 4 rings (SSSR count). The highest BCUT2D eigenvalue weighted by atomic mass is 32.1. The standard InChI is InChI=1S/C26H30N2O3S/c1-2-26(24-15-28-17-32-24,21-9-4-3-5-10-21)31-16-18-11-12-22(23(27)13-18)19-7-6-8-20(14-19)25(29)30/h6-8,11-15,17,21H,2-5,9-10,16,27H2,1H3,(H,29,30). The number of nitrogen functional groups attached to an aromatic ring is 1. The molecular weight excluding hydrogens is 420 g/mol. The van der Waals surface area contributed by atoms with Crippen LogP contribution in [-0.4, -0.2) is 16.1 Å². The molecule has 1 saturated carbocycles. The summed E-state index contributed by atoms with van der Waals surface area (Å²) in [5.41, 5.74) is 11.5. The molecule has 3 N–H and O–H groups in total. The van der Waals surface area contributed by atoms with Crippen molar-refractivity contribution in [3.8, 4) is 11.1 Å². The number of carboxylic acid groups (broad SMARTS) is 1. The van der Waals surface area contributed by atoms with Gasteiger partial charge in [-0.15, -0.1) is 11.3 Å². The van der Waals surface area contributed by atoms with Crippen LogP contribution in [-0.2, 0) is 16.9 Å². The molecule has 1 aliphatic carbocycles. The fourth-order valence-electron chi connectivity index (χ4n) is 4.95. The third kappa shape index (κ3) is 4.57. The van der Waals surface area contributed by atoms with E-state index < -0.39 is 5.97 Å². The Morgan fingerprint density at radius 2 is 2.03 bits per heavy atom. The Hall–Kier alpha value is -2.70. The number of anilines is 1. The van der Waals surface area contributed by atoms with Gasteiger partial charge in [0.1, 0.15) is 5.60 Å². The van der Waals surface area contributed by atoms with Crippen LogP contribution in [0.1, 0.15) is 66.2 Å². The van der Waals surface area contributed by atoms with Crippen LogP contribution >= 0.6 is 11.3 Å². The molecule has 1 unspecified atom stereocenters. The van der Waals surface area contributed by atoms with E-state index in [4.69, 9.17) is 10.5 Å². The number of hydrogen-bond donors (Lipinski definition) is 2. The lowest BCUT2D eigenvalue weighted by atomic mass is 9.74. The van der Waals surface area contributed by atoms with Crippen LogP contribution < -0.4 is 5.73 Å². The summed E-state index contributed by atoms with van der Waals surface area (Å²) >= 11 is 1.68. The Morgan fingerprint density at radius 3 is 2.69 bits per heavy atom. The highest BCUT2D eigenvalue weighted by Gasteiger charge is 2.41. The summed E-state index contributed by atoms with van der Waals surface area (Å²) < 4.78 is 6.74. The minimum atomic E-state index is -0.947. The SMILES string of the molecule is CCC(OCc1ccc(-c2cccc(C(=O)O)c2)c(N)c1)(c1cncs1)C1CCCCC1. The van der Waals surface area contributed by atoms with E-state index in [9.17, 15) is 9.90 Å². The molecule has 0 radical (unpaired) electrons. The smallest absolute Gasteiger partial charge is 0.335 e. The van der Waals surface area contributed by atoms with E-state index in [1.165, 1.54) is 37.0 Å². The summed E-state index contributed by atoms with van der Waals surface area (Å²) in [5, 5.41) is 9.27. The van der Waals surface area contributed by atoms with Gasteiger partial charge in [0.25, 0.3) is 0 Å². The molecule has 1 atom stereocenters. The van der Waals surface area contributed by atoms with Crippen molar-refractivity contribution < 1.29 is 14.6 Å². The Morgan fingerprint density at radius 1 is 1.22 bits per heavy atom. The van der Waals surface area contributed by atoms with Crippen LogP contribution in [0.2, 0.25) is 0 Å². The highest BCUT2D eigenvalue weighted by molar-refractivity contribution is 7.09. The average Bonchev–Trinajstić information content (AvgIpc) is 3.36. The molecule has 1 fully saturated rings. The van der Waals surface area contributed by atoms with Crippen molar-refractivity contribution in [3.63, 3.8) is 0 Å². The number of aromatic nitrogens is 1. The molecule has 1 heterocycles. The number of ether oxygens (including phenoxy) is 1. The minimum absolute atomic E-state index is 0.249. The number of hydrogen-bond acceptors (Lipinski definition) is 5. The van der Waals surface area contributed by atoms with Crippen LogP contribution in [0.4, 0.5) is 5.69 Å². The molecule has 5 nitrogen and oxygen atoms in total. The van der Waals surface area contributed by atoms with Gasteiger partial charge in [0.05, 0.1) is 22.6 Å². The first-order valence-electron chi connectivity index (χ1n) is 11.3. The summed E-state index contributed by atoms with van der Waals surface area (Å²) in [5.74, 6) is -0.450. The maximum atomic E-state index is 11.3. The number of thiazole rings is 1. The zero-order valence-corrected chi connectivity index (χ0v) is 19.2. The molecule has 0 amide bonds. The molecule has 6 heteroatoms. The minimum Gasteiger partial charge on any atom is -0.478 e. The molecule has 0 bridgehead atoms. The Bertz CT molecular complexity index is 1060. The summed E-state index contributed by atoms with van der Waals surface area (Å²) in [7, 11) is 0. The zero-order chi connectivity index (χ0) is 22.6. The fraction of sp³-hybridized carbons (Fsp3) is 0.385. The second-order valence-corrected chi connectivity index (χ2v) is 9.43. The second kappa shape index (κ2) is 9.84. The summed E-state index contributed by atoms with van der Waals surface area (Å²) in [4.78, 5) is 16.9. The van der Waals surface area contributed by atoms with Crippen LogP contribution in [0.5, 0.6) is 0 Å². The topological polar surface area (TPSA) is 85.4 Å². The monoisotopic (exact) mass is 450 g/mol. The van der Waals surface area contributed by atoms with Crippen LogP contribution in [0.15, 0.2) is 54.2 Å². The quantitative estimate of drug-likeness (QED) is 0.383. The third-order valence-corrected chi connectivity index (χ3v) is 7.60. The summed E-state index contributed by atoms with van der Waals surface area (Å²) in [6.45, 7) is 2.68. The van der Waals surface area contributed by atoms with Gasteiger partial charge in [0.2, 0.25) is 0 Å². The van der Waals surface area contributed by atoms with E-state index in [0.29, 0.717) is 18.2 Å². The van der Waals surface area contributed by atoms with Gasteiger partial charge in [-0.2, -0.15) is 0 Å².